The minimum absolute atomic E-state index is 0.00962. The number of carboxylic acids is 1. The molecule has 0 bridgehead atoms. The third kappa shape index (κ3) is 3.22. The fourth-order valence-corrected chi connectivity index (χ4v) is 2.03. The number of hydrogen-bond donors (Lipinski definition) is 1. The quantitative estimate of drug-likeness (QED) is 0.889. The molecule has 0 fully saturated rings. The molecule has 0 aliphatic rings. The predicted octanol–water partition coefficient (Wildman–Crippen LogP) is 4.26. The SMILES string of the molecule is CC(C)c1cc(CC(C)(C)C(=O)O)cc(Cl)c1F. The highest BCUT2D eigenvalue weighted by Gasteiger charge is 2.28. The molecule has 0 radical (unpaired) electrons. The summed E-state index contributed by atoms with van der Waals surface area (Å²) in [5, 5.41) is 9.15. The predicted molar refractivity (Wildman–Crippen MR) is 70.6 cm³/mol. The number of carboxylic acid groups (broad SMARTS) is 1. The zero-order chi connectivity index (χ0) is 14.1. The van der Waals surface area contributed by atoms with Gasteiger partial charge in [0, 0.05) is 0 Å². The van der Waals surface area contributed by atoms with Crippen LogP contribution in [0, 0.1) is 11.2 Å². The lowest BCUT2D eigenvalue weighted by Crippen LogP contribution is -2.26. The monoisotopic (exact) mass is 272 g/mol. The van der Waals surface area contributed by atoms with E-state index in [1.165, 1.54) is 6.07 Å². The molecule has 1 rings (SSSR count). The number of halogens is 2. The summed E-state index contributed by atoms with van der Waals surface area (Å²) >= 11 is 5.85. The molecule has 1 aromatic carbocycles. The van der Waals surface area contributed by atoms with Crippen molar-refractivity contribution < 1.29 is 14.3 Å². The van der Waals surface area contributed by atoms with Gasteiger partial charge in [0.1, 0.15) is 5.82 Å². The van der Waals surface area contributed by atoms with Crippen LogP contribution in [0.2, 0.25) is 5.02 Å². The van der Waals surface area contributed by atoms with Crippen molar-refractivity contribution in [3.05, 3.63) is 34.1 Å². The summed E-state index contributed by atoms with van der Waals surface area (Å²) in [6.07, 6.45) is 0.321. The summed E-state index contributed by atoms with van der Waals surface area (Å²) in [6.45, 7) is 7.03. The molecule has 2 nitrogen and oxygen atoms in total. The summed E-state index contributed by atoms with van der Waals surface area (Å²) in [6, 6.07) is 3.21. The number of rotatable bonds is 4. The van der Waals surface area contributed by atoms with E-state index < -0.39 is 17.2 Å². The lowest BCUT2D eigenvalue weighted by Gasteiger charge is -2.20. The molecule has 0 heterocycles. The van der Waals surface area contributed by atoms with Gasteiger partial charge in [-0.2, -0.15) is 0 Å². The summed E-state index contributed by atoms with van der Waals surface area (Å²) in [7, 11) is 0. The molecule has 4 heteroatoms. The van der Waals surface area contributed by atoms with Gasteiger partial charge in [-0.15, -0.1) is 0 Å². The van der Waals surface area contributed by atoms with Crippen LogP contribution in [0.5, 0.6) is 0 Å². The van der Waals surface area contributed by atoms with Crippen molar-refractivity contribution >= 4 is 17.6 Å². The Balaban J connectivity index is 3.16. The fraction of sp³-hybridized carbons (Fsp3) is 0.500. The lowest BCUT2D eigenvalue weighted by atomic mass is 9.85. The molecule has 0 saturated carbocycles. The maximum atomic E-state index is 13.8. The number of hydrogen-bond acceptors (Lipinski definition) is 1. The average Bonchev–Trinajstić information content (AvgIpc) is 2.21. The maximum absolute atomic E-state index is 13.8. The third-order valence-electron chi connectivity index (χ3n) is 2.96. The van der Waals surface area contributed by atoms with Crippen LogP contribution in [0.4, 0.5) is 4.39 Å². The van der Waals surface area contributed by atoms with E-state index in [0.717, 1.165) is 5.56 Å². The van der Waals surface area contributed by atoms with E-state index in [0.29, 0.717) is 12.0 Å². The Hall–Kier alpha value is -1.09. The number of aliphatic carboxylic acids is 1. The molecule has 0 atom stereocenters. The summed E-state index contributed by atoms with van der Waals surface area (Å²) in [4.78, 5) is 11.1. The zero-order valence-electron chi connectivity index (χ0n) is 11.1. The highest BCUT2D eigenvalue weighted by atomic mass is 35.5. The minimum Gasteiger partial charge on any atom is -0.481 e. The van der Waals surface area contributed by atoms with Crippen molar-refractivity contribution in [2.75, 3.05) is 0 Å². The second kappa shape index (κ2) is 5.27. The van der Waals surface area contributed by atoms with Crippen molar-refractivity contribution in [1.29, 1.82) is 0 Å². The van der Waals surface area contributed by atoms with Crippen LogP contribution in [0.15, 0.2) is 12.1 Å². The average molecular weight is 273 g/mol. The molecule has 100 valence electrons. The van der Waals surface area contributed by atoms with Gasteiger partial charge < -0.3 is 5.11 Å². The van der Waals surface area contributed by atoms with Crippen LogP contribution in [-0.4, -0.2) is 11.1 Å². The van der Waals surface area contributed by atoms with Crippen molar-refractivity contribution in [3.8, 4) is 0 Å². The first-order valence-corrected chi connectivity index (χ1v) is 6.24. The van der Waals surface area contributed by atoms with E-state index in [2.05, 4.69) is 0 Å². The molecule has 0 aliphatic carbocycles. The van der Waals surface area contributed by atoms with Crippen molar-refractivity contribution in [2.45, 2.75) is 40.0 Å². The van der Waals surface area contributed by atoms with E-state index >= 15 is 0 Å². The fourth-order valence-electron chi connectivity index (χ4n) is 1.78. The van der Waals surface area contributed by atoms with E-state index in [1.807, 2.05) is 13.8 Å². The summed E-state index contributed by atoms with van der Waals surface area (Å²) < 4.78 is 13.8. The highest BCUT2D eigenvalue weighted by molar-refractivity contribution is 6.30. The van der Waals surface area contributed by atoms with Gasteiger partial charge in [0.15, 0.2) is 0 Å². The molecule has 0 aliphatic heterocycles. The minimum atomic E-state index is -0.893. The molecule has 0 amide bonds. The molecule has 0 aromatic heterocycles. The van der Waals surface area contributed by atoms with Gasteiger partial charge in [-0.1, -0.05) is 31.5 Å². The molecular formula is C14H18ClFO2. The van der Waals surface area contributed by atoms with Gasteiger partial charge in [-0.3, -0.25) is 4.79 Å². The van der Waals surface area contributed by atoms with Crippen molar-refractivity contribution in [3.63, 3.8) is 0 Å². The lowest BCUT2D eigenvalue weighted by molar-refractivity contribution is -0.146. The van der Waals surface area contributed by atoms with Gasteiger partial charge in [-0.05, 0) is 43.4 Å². The van der Waals surface area contributed by atoms with Crippen LogP contribution >= 0.6 is 11.6 Å². The Kier molecular flexibility index (Phi) is 4.38. The van der Waals surface area contributed by atoms with E-state index in [-0.39, 0.29) is 10.9 Å². The summed E-state index contributed by atoms with van der Waals surface area (Å²) in [5.74, 6) is -1.28. The second-order valence-corrected chi connectivity index (χ2v) is 5.91. The van der Waals surface area contributed by atoms with Gasteiger partial charge in [0.05, 0.1) is 10.4 Å². The largest absolute Gasteiger partial charge is 0.481 e. The smallest absolute Gasteiger partial charge is 0.309 e. The zero-order valence-corrected chi connectivity index (χ0v) is 11.8. The highest BCUT2D eigenvalue weighted by Crippen LogP contribution is 2.30. The van der Waals surface area contributed by atoms with E-state index in [1.54, 1.807) is 19.9 Å². The van der Waals surface area contributed by atoms with E-state index in [4.69, 9.17) is 16.7 Å². The first kappa shape index (κ1) is 15.0. The molecule has 0 spiro atoms. The maximum Gasteiger partial charge on any atom is 0.309 e. The standard InChI is InChI=1S/C14H18ClFO2/c1-8(2)10-5-9(6-11(15)12(10)16)7-14(3,4)13(17)18/h5-6,8H,7H2,1-4H3,(H,17,18). The van der Waals surface area contributed by atoms with E-state index in [9.17, 15) is 9.18 Å². The molecule has 1 aromatic rings. The third-order valence-corrected chi connectivity index (χ3v) is 3.24. The molecule has 1 N–H and O–H groups in total. The number of carbonyl (C=O) groups is 1. The molecule has 0 unspecified atom stereocenters. The van der Waals surface area contributed by atoms with Gasteiger partial charge in [-0.25, -0.2) is 4.39 Å². The Morgan fingerprint density at radius 1 is 1.44 bits per heavy atom. The Morgan fingerprint density at radius 2 is 2.00 bits per heavy atom. The second-order valence-electron chi connectivity index (χ2n) is 5.50. The van der Waals surface area contributed by atoms with Crippen LogP contribution in [-0.2, 0) is 11.2 Å². The Bertz CT molecular complexity index is 467. The van der Waals surface area contributed by atoms with Crippen LogP contribution < -0.4 is 0 Å². The summed E-state index contributed by atoms with van der Waals surface area (Å²) in [5.41, 5.74) is 0.381. The van der Waals surface area contributed by atoms with Crippen LogP contribution in [0.3, 0.4) is 0 Å². The van der Waals surface area contributed by atoms with Gasteiger partial charge in [0.2, 0.25) is 0 Å². The first-order valence-electron chi connectivity index (χ1n) is 5.86. The van der Waals surface area contributed by atoms with Crippen LogP contribution in [0.1, 0.15) is 44.7 Å². The molecular weight excluding hydrogens is 255 g/mol. The Morgan fingerprint density at radius 3 is 2.44 bits per heavy atom. The van der Waals surface area contributed by atoms with Crippen LogP contribution in [0.25, 0.3) is 0 Å². The van der Waals surface area contributed by atoms with Gasteiger partial charge in [0.25, 0.3) is 0 Å². The normalized spacial score (nSPS) is 11.9. The first-order chi connectivity index (χ1) is 8.15. The van der Waals surface area contributed by atoms with Crippen molar-refractivity contribution in [2.24, 2.45) is 5.41 Å². The van der Waals surface area contributed by atoms with Crippen molar-refractivity contribution in [1.82, 2.24) is 0 Å². The number of benzene rings is 1. The molecule has 18 heavy (non-hydrogen) atoms. The topological polar surface area (TPSA) is 37.3 Å². The molecule has 0 saturated heterocycles. The Labute approximate surface area is 112 Å². The van der Waals surface area contributed by atoms with Gasteiger partial charge >= 0.3 is 5.97 Å².